The molecule has 0 amide bonds. The van der Waals surface area contributed by atoms with Gasteiger partial charge >= 0.3 is 5.97 Å². The Morgan fingerprint density at radius 1 is 1.30 bits per heavy atom. The molecule has 1 aliphatic heterocycles. The van der Waals surface area contributed by atoms with Crippen molar-refractivity contribution in [1.82, 2.24) is 0 Å². The van der Waals surface area contributed by atoms with Gasteiger partial charge in [-0.1, -0.05) is 29.8 Å². The molecule has 0 saturated carbocycles. The van der Waals surface area contributed by atoms with E-state index in [1.807, 2.05) is 38.1 Å². The van der Waals surface area contributed by atoms with Gasteiger partial charge in [0.25, 0.3) is 0 Å². The van der Waals surface area contributed by atoms with Crippen LogP contribution >= 0.6 is 0 Å². The number of methoxy groups -OCH3 is 1. The van der Waals surface area contributed by atoms with Crippen LogP contribution in [0.4, 0.5) is 0 Å². The molecule has 1 aromatic carbocycles. The molecule has 1 unspecified atom stereocenters. The number of carboxylic acids is 1. The van der Waals surface area contributed by atoms with E-state index >= 15 is 0 Å². The average Bonchev–Trinajstić information content (AvgIpc) is 2.75. The standard InChI is InChI=1S/C15H18N2O3/c1-10-4-6-12(7-5-10)14-11(2)15(20-3,17-16-14)9-8-13(18)19/h4-7H,8-9H2,1-3H3,(H,18,19). The first-order chi connectivity index (χ1) is 9.48. The summed E-state index contributed by atoms with van der Waals surface area (Å²) in [6.07, 6.45) is 0.273. The summed E-state index contributed by atoms with van der Waals surface area (Å²) in [7, 11) is 1.53. The van der Waals surface area contributed by atoms with E-state index in [1.165, 1.54) is 12.7 Å². The van der Waals surface area contributed by atoms with Crippen LogP contribution in [0.5, 0.6) is 0 Å². The molecule has 5 heteroatoms. The smallest absolute Gasteiger partial charge is 0.303 e. The van der Waals surface area contributed by atoms with E-state index in [0.717, 1.165) is 16.8 Å². The van der Waals surface area contributed by atoms with Crippen LogP contribution in [0.15, 0.2) is 40.1 Å². The van der Waals surface area contributed by atoms with Crippen molar-refractivity contribution in [2.45, 2.75) is 32.4 Å². The van der Waals surface area contributed by atoms with Crippen molar-refractivity contribution in [2.24, 2.45) is 10.2 Å². The number of nitrogens with zero attached hydrogens (tertiary/aromatic N) is 2. The summed E-state index contributed by atoms with van der Waals surface area (Å²) >= 11 is 0. The number of hydrogen-bond donors (Lipinski definition) is 1. The third-order valence-electron chi connectivity index (χ3n) is 3.59. The predicted octanol–water partition coefficient (Wildman–Crippen LogP) is 3.40. The van der Waals surface area contributed by atoms with Crippen molar-refractivity contribution >= 4 is 11.7 Å². The normalized spacial score (nSPS) is 21.6. The van der Waals surface area contributed by atoms with E-state index in [2.05, 4.69) is 10.2 Å². The number of aryl methyl sites for hydroxylation is 1. The van der Waals surface area contributed by atoms with Crippen molar-refractivity contribution in [3.05, 3.63) is 41.0 Å². The fourth-order valence-corrected chi connectivity index (χ4v) is 2.26. The van der Waals surface area contributed by atoms with E-state index in [-0.39, 0.29) is 12.8 Å². The highest BCUT2D eigenvalue weighted by Crippen LogP contribution is 2.40. The highest BCUT2D eigenvalue weighted by molar-refractivity contribution is 5.71. The molecule has 1 heterocycles. The number of carbonyl (C=O) groups is 1. The first kappa shape index (κ1) is 14.4. The summed E-state index contributed by atoms with van der Waals surface area (Å²) in [6.45, 7) is 3.91. The second kappa shape index (κ2) is 5.54. The summed E-state index contributed by atoms with van der Waals surface area (Å²) in [5.74, 6) is -0.867. The molecule has 0 radical (unpaired) electrons. The molecular formula is C15H18N2O3. The Kier molecular flexibility index (Phi) is 3.99. The molecule has 2 rings (SSSR count). The molecule has 0 aliphatic carbocycles. The zero-order valence-corrected chi connectivity index (χ0v) is 11.9. The van der Waals surface area contributed by atoms with Gasteiger partial charge in [-0.15, -0.1) is 5.11 Å². The molecule has 0 fully saturated rings. The Balaban J connectivity index is 2.33. The molecule has 1 N–H and O–H groups in total. The van der Waals surface area contributed by atoms with Crippen LogP contribution in [0.3, 0.4) is 0 Å². The second-order valence-electron chi connectivity index (χ2n) is 4.92. The first-order valence-corrected chi connectivity index (χ1v) is 6.47. The average molecular weight is 274 g/mol. The number of ether oxygens (including phenoxy) is 1. The van der Waals surface area contributed by atoms with Crippen molar-refractivity contribution in [2.75, 3.05) is 7.11 Å². The minimum atomic E-state index is -0.946. The van der Waals surface area contributed by atoms with Gasteiger partial charge in [0.15, 0.2) is 0 Å². The van der Waals surface area contributed by atoms with E-state index in [1.54, 1.807) is 0 Å². The molecule has 20 heavy (non-hydrogen) atoms. The lowest BCUT2D eigenvalue weighted by molar-refractivity contribution is -0.138. The Morgan fingerprint density at radius 3 is 2.50 bits per heavy atom. The van der Waals surface area contributed by atoms with Crippen molar-refractivity contribution in [3.8, 4) is 0 Å². The van der Waals surface area contributed by atoms with Gasteiger partial charge in [0, 0.05) is 24.7 Å². The van der Waals surface area contributed by atoms with Gasteiger partial charge in [0.2, 0.25) is 5.72 Å². The Bertz CT molecular complexity index is 575. The van der Waals surface area contributed by atoms with Crippen molar-refractivity contribution < 1.29 is 14.6 Å². The molecule has 5 nitrogen and oxygen atoms in total. The minimum Gasteiger partial charge on any atom is -0.481 e. The van der Waals surface area contributed by atoms with Gasteiger partial charge in [0.1, 0.15) is 0 Å². The maximum absolute atomic E-state index is 10.8. The van der Waals surface area contributed by atoms with Crippen molar-refractivity contribution in [3.63, 3.8) is 0 Å². The Hall–Kier alpha value is -2.01. The first-order valence-electron chi connectivity index (χ1n) is 6.47. The van der Waals surface area contributed by atoms with E-state index in [0.29, 0.717) is 0 Å². The molecule has 1 aliphatic rings. The zero-order chi connectivity index (χ0) is 14.8. The lowest BCUT2D eigenvalue weighted by Gasteiger charge is -2.24. The monoisotopic (exact) mass is 274 g/mol. The molecule has 1 atom stereocenters. The topological polar surface area (TPSA) is 71.2 Å². The largest absolute Gasteiger partial charge is 0.481 e. The molecule has 0 saturated heterocycles. The number of azo groups is 1. The fraction of sp³-hybridized carbons (Fsp3) is 0.400. The molecule has 0 bridgehead atoms. The summed E-state index contributed by atoms with van der Waals surface area (Å²) in [5.41, 5.74) is 2.80. The Morgan fingerprint density at radius 2 is 1.95 bits per heavy atom. The van der Waals surface area contributed by atoms with Gasteiger partial charge in [-0.05, 0) is 13.8 Å². The van der Waals surface area contributed by atoms with Crippen LogP contribution in [0.25, 0.3) is 5.70 Å². The maximum Gasteiger partial charge on any atom is 0.303 e. The predicted molar refractivity (Wildman–Crippen MR) is 75.2 cm³/mol. The van der Waals surface area contributed by atoms with Gasteiger partial charge in [0.05, 0.1) is 12.1 Å². The quantitative estimate of drug-likeness (QED) is 0.894. The fourth-order valence-electron chi connectivity index (χ4n) is 2.26. The Labute approximate surface area is 118 Å². The number of carboxylic acid groups (broad SMARTS) is 1. The second-order valence-corrected chi connectivity index (χ2v) is 4.92. The molecule has 1 aromatic rings. The van der Waals surface area contributed by atoms with Crippen LogP contribution < -0.4 is 0 Å². The highest BCUT2D eigenvalue weighted by atomic mass is 16.5. The van der Waals surface area contributed by atoms with E-state index in [9.17, 15) is 4.79 Å². The lowest BCUT2D eigenvalue weighted by Crippen LogP contribution is -2.29. The number of hydrogen-bond acceptors (Lipinski definition) is 4. The summed E-state index contributed by atoms with van der Waals surface area (Å²) in [5, 5.41) is 17.2. The molecule has 0 spiro atoms. The van der Waals surface area contributed by atoms with Gasteiger partial charge in [-0.25, -0.2) is 0 Å². The van der Waals surface area contributed by atoms with Crippen LogP contribution in [-0.2, 0) is 9.53 Å². The van der Waals surface area contributed by atoms with E-state index < -0.39 is 11.7 Å². The zero-order valence-electron chi connectivity index (χ0n) is 11.9. The maximum atomic E-state index is 10.8. The summed E-state index contributed by atoms with van der Waals surface area (Å²) in [4.78, 5) is 10.8. The number of benzene rings is 1. The molecule has 106 valence electrons. The van der Waals surface area contributed by atoms with E-state index in [4.69, 9.17) is 9.84 Å². The highest BCUT2D eigenvalue weighted by Gasteiger charge is 2.38. The molecular weight excluding hydrogens is 256 g/mol. The summed E-state index contributed by atoms with van der Waals surface area (Å²) < 4.78 is 5.46. The van der Waals surface area contributed by atoms with Gasteiger partial charge in [-0.3, -0.25) is 4.79 Å². The van der Waals surface area contributed by atoms with Crippen LogP contribution in [0.1, 0.15) is 30.9 Å². The van der Waals surface area contributed by atoms with Crippen LogP contribution in [0, 0.1) is 6.92 Å². The molecule has 0 aromatic heterocycles. The van der Waals surface area contributed by atoms with Crippen molar-refractivity contribution in [1.29, 1.82) is 0 Å². The summed E-state index contributed by atoms with van der Waals surface area (Å²) in [6, 6.07) is 7.98. The van der Waals surface area contributed by atoms with Crippen LogP contribution in [0.2, 0.25) is 0 Å². The lowest BCUT2D eigenvalue weighted by atomic mass is 9.96. The number of aliphatic carboxylic acids is 1. The third kappa shape index (κ3) is 2.63. The minimum absolute atomic E-state index is 0.00855. The SMILES string of the molecule is COC1(CCC(=O)O)N=NC(c2ccc(C)cc2)=C1C. The van der Waals surface area contributed by atoms with Crippen LogP contribution in [-0.4, -0.2) is 23.9 Å². The number of rotatable bonds is 5. The van der Waals surface area contributed by atoms with Gasteiger partial charge < -0.3 is 9.84 Å². The van der Waals surface area contributed by atoms with Gasteiger partial charge in [-0.2, -0.15) is 5.11 Å². The third-order valence-corrected chi connectivity index (χ3v) is 3.59.